The summed E-state index contributed by atoms with van der Waals surface area (Å²) in [5.41, 5.74) is 1.30. The smallest absolute Gasteiger partial charge is 0.410 e. The first-order valence-corrected chi connectivity index (χ1v) is 6.22. The van der Waals surface area contributed by atoms with Crippen molar-refractivity contribution in [2.24, 2.45) is 0 Å². The Balaban J connectivity index is 2.88. The van der Waals surface area contributed by atoms with Crippen LogP contribution in [0, 0.1) is 6.92 Å². The van der Waals surface area contributed by atoms with Crippen molar-refractivity contribution in [3.05, 3.63) is 35.4 Å². The first-order chi connectivity index (χ1) is 8.74. The molecule has 4 heteroatoms. The van der Waals surface area contributed by atoms with Crippen molar-refractivity contribution in [3.8, 4) is 0 Å². The first-order valence-electron chi connectivity index (χ1n) is 6.22. The Labute approximate surface area is 114 Å². The van der Waals surface area contributed by atoms with Gasteiger partial charge in [-0.25, -0.2) is 4.79 Å². The minimum atomic E-state index is -0.629. The average molecular weight is 263 g/mol. The third-order valence-electron chi connectivity index (χ3n) is 2.65. The van der Waals surface area contributed by atoms with Gasteiger partial charge in [0.2, 0.25) is 0 Å². The van der Waals surface area contributed by atoms with Gasteiger partial charge in [0.05, 0.1) is 0 Å². The van der Waals surface area contributed by atoms with E-state index in [4.69, 9.17) is 4.74 Å². The molecular weight excluding hydrogens is 242 g/mol. The SMILES string of the molecule is Cc1ccc(C(C=O)N(C)C(=O)OC(C)(C)C)cc1. The van der Waals surface area contributed by atoms with Crippen LogP contribution in [0.5, 0.6) is 0 Å². The van der Waals surface area contributed by atoms with E-state index in [0.29, 0.717) is 0 Å². The predicted molar refractivity (Wildman–Crippen MR) is 74.0 cm³/mol. The zero-order valence-electron chi connectivity index (χ0n) is 12.1. The number of hydrogen-bond donors (Lipinski definition) is 0. The van der Waals surface area contributed by atoms with Crippen molar-refractivity contribution in [1.82, 2.24) is 4.90 Å². The number of nitrogens with zero attached hydrogens (tertiary/aromatic N) is 1. The van der Waals surface area contributed by atoms with Crippen LogP contribution < -0.4 is 0 Å². The highest BCUT2D eigenvalue weighted by molar-refractivity contribution is 5.74. The third-order valence-corrected chi connectivity index (χ3v) is 2.65. The number of amides is 1. The van der Waals surface area contributed by atoms with Gasteiger partial charge < -0.3 is 9.53 Å². The molecule has 0 saturated carbocycles. The normalized spacial score (nSPS) is 12.7. The Bertz CT molecular complexity index is 445. The van der Waals surface area contributed by atoms with Crippen molar-refractivity contribution in [3.63, 3.8) is 0 Å². The van der Waals surface area contributed by atoms with Crippen molar-refractivity contribution in [2.45, 2.75) is 39.3 Å². The topological polar surface area (TPSA) is 46.6 Å². The van der Waals surface area contributed by atoms with Crippen molar-refractivity contribution in [1.29, 1.82) is 0 Å². The largest absolute Gasteiger partial charge is 0.444 e. The minimum absolute atomic E-state index is 0.509. The monoisotopic (exact) mass is 263 g/mol. The lowest BCUT2D eigenvalue weighted by Gasteiger charge is -2.28. The molecule has 1 unspecified atom stereocenters. The summed E-state index contributed by atoms with van der Waals surface area (Å²) in [5, 5.41) is 0. The van der Waals surface area contributed by atoms with Crippen LogP contribution in [-0.2, 0) is 9.53 Å². The maximum absolute atomic E-state index is 11.9. The molecule has 0 bridgehead atoms. The van der Waals surface area contributed by atoms with Crippen LogP contribution in [0.1, 0.15) is 37.9 Å². The van der Waals surface area contributed by atoms with Crippen LogP contribution >= 0.6 is 0 Å². The number of carbonyl (C=O) groups is 2. The van der Waals surface area contributed by atoms with Gasteiger partial charge in [-0.3, -0.25) is 4.90 Å². The van der Waals surface area contributed by atoms with Gasteiger partial charge in [-0.1, -0.05) is 29.8 Å². The third kappa shape index (κ3) is 4.39. The highest BCUT2D eigenvalue weighted by Gasteiger charge is 2.25. The Hall–Kier alpha value is -1.84. The molecule has 0 aromatic heterocycles. The Kier molecular flexibility index (Phi) is 4.70. The fourth-order valence-corrected chi connectivity index (χ4v) is 1.60. The molecule has 0 aliphatic carbocycles. The van der Waals surface area contributed by atoms with Gasteiger partial charge in [0.25, 0.3) is 0 Å². The predicted octanol–water partition coefficient (Wildman–Crippen LogP) is 3.10. The summed E-state index contributed by atoms with van der Waals surface area (Å²) in [5.74, 6) is 0. The molecule has 1 atom stereocenters. The van der Waals surface area contributed by atoms with E-state index >= 15 is 0 Å². The van der Waals surface area contributed by atoms with Crippen LogP contribution in [-0.4, -0.2) is 29.9 Å². The van der Waals surface area contributed by atoms with Crippen LogP contribution in [0.15, 0.2) is 24.3 Å². The van der Waals surface area contributed by atoms with E-state index in [2.05, 4.69) is 0 Å². The van der Waals surface area contributed by atoms with Crippen LogP contribution in [0.25, 0.3) is 0 Å². The van der Waals surface area contributed by atoms with E-state index in [1.54, 1.807) is 27.8 Å². The Morgan fingerprint density at radius 2 is 1.79 bits per heavy atom. The van der Waals surface area contributed by atoms with Gasteiger partial charge in [0.15, 0.2) is 0 Å². The lowest BCUT2D eigenvalue weighted by molar-refractivity contribution is -0.112. The number of ether oxygens (including phenoxy) is 1. The van der Waals surface area contributed by atoms with E-state index in [-0.39, 0.29) is 0 Å². The number of hydrogen-bond acceptors (Lipinski definition) is 3. The fourth-order valence-electron chi connectivity index (χ4n) is 1.60. The maximum atomic E-state index is 11.9. The van der Waals surface area contributed by atoms with Crippen LogP contribution in [0.3, 0.4) is 0 Å². The maximum Gasteiger partial charge on any atom is 0.410 e. The average Bonchev–Trinajstić information content (AvgIpc) is 2.30. The lowest BCUT2D eigenvalue weighted by Crippen LogP contribution is -2.37. The molecule has 0 saturated heterocycles. The van der Waals surface area contributed by atoms with Gasteiger partial charge in [0, 0.05) is 7.05 Å². The molecule has 0 aliphatic heterocycles. The van der Waals surface area contributed by atoms with Crippen LogP contribution in [0.2, 0.25) is 0 Å². The second-order valence-electron chi connectivity index (χ2n) is 5.58. The summed E-state index contributed by atoms with van der Waals surface area (Å²) >= 11 is 0. The van der Waals surface area contributed by atoms with Gasteiger partial charge in [0.1, 0.15) is 17.9 Å². The van der Waals surface area contributed by atoms with E-state index < -0.39 is 17.7 Å². The van der Waals surface area contributed by atoms with E-state index in [9.17, 15) is 9.59 Å². The summed E-state index contributed by atoms with van der Waals surface area (Å²) in [4.78, 5) is 24.5. The standard InChI is InChI=1S/C15H21NO3/c1-11-6-8-12(9-7-11)13(10-17)16(5)14(18)19-15(2,3)4/h6-10,13H,1-5H3. The zero-order valence-corrected chi connectivity index (χ0v) is 12.1. The van der Waals surface area contributed by atoms with Gasteiger partial charge >= 0.3 is 6.09 Å². The number of carbonyl (C=O) groups excluding carboxylic acids is 2. The molecule has 0 fully saturated rings. The van der Waals surface area contributed by atoms with Crippen molar-refractivity contribution >= 4 is 12.4 Å². The molecule has 1 rings (SSSR count). The first kappa shape index (κ1) is 15.2. The molecule has 0 spiro atoms. The molecule has 19 heavy (non-hydrogen) atoms. The molecule has 0 N–H and O–H groups in total. The van der Waals surface area contributed by atoms with Gasteiger partial charge in [-0.2, -0.15) is 0 Å². The molecule has 0 radical (unpaired) electrons. The lowest BCUT2D eigenvalue weighted by atomic mass is 10.1. The minimum Gasteiger partial charge on any atom is -0.444 e. The van der Waals surface area contributed by atoms with Crippen molar-refractivity contribution in [2.75, 3.05) is 7.05 Å². The second kappa shape index (κ2) is 5.87. The van der Waals surface area contributed by atoms with Gasteiger partial charge in [-0.15, -0.1) is 0 Å². The van der Waals surface area contributed by atoms with E-state index in [1.807, 2.05) is 31.2 Å². The highest BCUT2D eigenvalue weighted by Crippen LogP contribution is 2.20. The van der Waals surface area contributed by atoms with Gasteiger partial charge in [-0.05, 0) is 33.3 Å². The second-order valence-corrected chi connectivity index (χ2v) is 5.58. The quantitative estimate of drug-likeness (QED) is 0.787. The summed E-state index contributed by atoms with van der Waals surface area (Å²) < 4.78 is 5.26. The summed E-state index contributed by atoms with van der Waals surface area (Å²) in [7, 11) is 1.56. The molecule has 0 heterocycles. The van der Waals surface area contributed by atoms with E-state index in [1.165, 1.54) is 4.90 Å². The Morgan fingerprint density at radius 3 is 2.21 bits per heavy atom. The number of rotatable bonds is 3. The summed E-state index contributed by atoms with van der Waals surface area (Å²) in [6, 6.07) is 6.88. The summed E-state index contributed by atoms with van der Waals surface area (Å²) in [6.07, 6.45) is 0.236. The Morgan fingerprint density at radius 1 is 1.26 bits per heavy atom. The van der Waals surface area contributed by atoms with Crippen LogP contribution in [0.4, 0.5) is 4.79 Å². The molecular formula is C15H21NO3. The fraction of sp³-hybridized carbons (Fsp3) is 0.467. The number of aldehydes is 1. The number of benzene rings is 1. The molecule has 1 amide bonds. The van der Waals surface area contributed by atoms with Crippen molar-refractivity contribution < 1.29 is 14.3 Å². The number of aryl methyl sites for hydroxylation is 1. The van der Waals surface area contributed by atoms with E-state index in [0.717, 1.165) is 17.4 Å². The molecule has 1 aromatic carbocycles. The molecule has 104 valence electrons. The zero-order chi connectivity index (χ0) is 14.6. The molecule has 1 aromatic rings. The number of likely N-dealkylation sites (N-methyl/N-ethyl adjacent to an activating group) is 1. The highest BCUT2D eigenvalue weighted by atomic mass is 16.6. The molecule has 4 nitrogen and oxygen atoms in total. The molecule has 0 aliphatic rings. The summed E-state index contributed by atoms with van der Waals surface area (Å²) in [6.45, 7) is 7.35.